The highest BCUT2D eigenvalue weighted by Gasteiger charge is 2.42. The van der Waals surface area contributed by atoms with Crippen molar-refractivity contribution in [2.45, 2.75) is 57.5 Å². The molecule has 0 spiro atoms. The molecule has 17 heavy (non-hydrogen) atoms. The molecule has 0 bridgehead atoms. The van der Waals surface area contributed by atoms with Crippen LogP contribution in [-0.2, 0) is 4.79 Å². The molecule has 3 aliphatic rings. The Hall–Kier alpha value is -0.570. The number of likely N-dealkylation sites (N-methyl/N-ethyl adjacent to an activating group) is 1. The summed E-state index contributed by atoms with van der Waals surface area (Å²) in [4.78, 5) is 14.4. The molecule has 0 aromatic rings. The van der Waals surface area contributed by atoms with Crippen LogP contribution >= 0.6 is 0 Å². The lowest BCUT2D eigenvalue weighted by Crippen LogP contribution is -2.44. The topological polar surface area (TPSA) is 32.3 Å². The summed E-state index contributed by atoms with van der Waals surface area (Å²) in [5, 5.41) is 3.31. The van der Waals surface area contributed by atoms with E-state index in [0.717, 1.165) is 18.4 Å². The summed E-state index contributed by atoms with van der Waals surface area (Å²) in [7, 11) is 0. The van der Waals surface area contributed by atoms with Crippen LogP contribution in [-0.4, -0.2) is 36.0 Å². The number of carbonyl (C=O) groups is 1. The molecule has 3 fully saturated rings. The Morgan fingerprint density at radius 3 is 2.18 bits per heavy atom. The molecule has 0 aromatic heterocycles. The first-order valence-corrected chi connectivity index (χ1v) is 7.31. The van der Waals surface area contributed by atoms with Gasteiger partial charge in [-0.3, -0.25) is 9.69 Å². The first-order valence-electron chi connectivity index (χ1n) is 7.31. The Morgan fingerprint density at radius 1 is 1.18 bits per heavy atom. The Kier molecular flexibility index (Phi) is 3.12. The molecule has 96 valence electrons. The van der Waals surface area contributed by atoms with E-state index in [9.17, 15) is 4.79 Å². The van der Waals surface area contributed by atoms with Gasteiger partial charge in [-0.2, -0.15) is 0 Å². The molecule has 3 heteroatoms. The summed E-state index contributed by atoms with van der Waals surface area (Å²) in [5.74, 6) is 1.88. The van der Waals surface area contributed by atoms with Gasteiger partial charge in [-0.1, -0.05) is 6.92 Å². The monoisotopic (exact) mass is 236 g/mol. The standard InChI is InChI=1S/C14H24N2O/c1-2-16(12-7-8-12)9-13(17)15-14(10-3-4-10)11-5-6-11/h10-12,14H,2-9H2,1H3,(H,15,17). The minimum Gasteiger partial charge on any atom is -0.352 e. The van der Waals surface area contributed by atoms with E-state index >= 15 is 0 Å². The highest BCUT2D eigenvalue weighted by molar-refractivity contribution is 5.78. The van der Waals surface area contributed by atoms with Gasteiger partial charge in [0, 0.05) is 12.1 Å². The van der Waals surface area contributed by atoms with E-state index in [1.807, 2.05) is 0 Å². The van der Waals surface area contributed by atoms with Crippen molar-refractivity contribution >= 4 is 5.91 Å². The third-order valence-corrected chi connectivity index (χ3v) is 4.40. The van der Waals surface area contributed by atoms with E-state index in [0.29, 0.717) is 18.6 Å². The maximum absolute atomic E-state index is 12.1. The molecule has 3 nitrogen and oxygen atoms in total. The number of nitrogens with zero attached hydrogens (tertiary/aromatic N) is 1. The van der Waals surface area contributed by atoms with Crippen molar-refractivity contribution in [2.24, 2.45) is 11.8 Å². The predicted molar refractivity (Wildman–Crippen MR) is 67.6 cm³/mol. The Morgan fingerprint density at radius 2 is 1.76 bits per heavy atom. The van der Waals surface area contributed by atoms with Crippen LogP contribution in [0.2, 0.25) is 0 Å². The average Bonchev–Trinajstić information content (AvgIpc) is 3.19. The van der Waals surface area contributed by atoms with Gasteiger partial charge in [0.25, 0.3) is 0 Å². The molecule has 0 atom stereocenters. The lowest BCUT2D eigenvalue weighted by Gasteiger charge is -2.22. The third kappa shape index (κ3) is 3.01. The van der Waals surface area contributed by atoms with Gasteiger partial charge in [0.15, 0.2) is 0 Å². The van der Waals surface area contributed by atoms with E-state index in [1.165, 1.54) is 38.5 Å². The molecule has 3 aliphatic carbocycles. The van der Waals surface area contributed by atoms with Gasteiger partial charge in [0.05, 0.1) is 6.54 Å². The second kappa shape index (κ2) is 4.60. The van der Waals surface area contributed by atoms with Crippen LogP contribution in [0.25, 0.3) is 0 Å². The second-order valence-corrected chi connectivity index (χ2v) is 6.06. The van der Waals surface area contributed by atoms with E-state index < -0.39 is 0 Å². The maximum atomic E-state index is 12.1. The van der Waals surface area contributed by atoms with Crippen molar-refractivity contribution in [3.05, 3.63) is 0 Å². The van der Waals surface area contributed by atoms with Crippen LogP contribution in [0.1, 0.15) is 45.4 Å². The first kappa shape index (κ1) is 11.5. The summed E-state index contributed by atoms with van der Waals surface area (Å²) >= 11 is 0. The summed E-state index contributed by atoms with van der Waals surface area (Å²) < 4.78 is 0. The Bertz CT molecular complexity index is 281. The van der Waals surface area contributed by atoms with Crippen molar-refractivity contribution < 1.29 is 4.79 Å². The molecule has 0 saturated heterocycles. The van der Waals surface area contributed by atoms with E-state index in [1.54, 1.807) is 0 Å². The highest BCUT2D eigenvalue weighted by atomic mass is 16.2. The van der Waals surface area contributed by atoms with E-state index in [2.05, 4.69) is 17.1 Å². The summed E-state index contributed by atoms with van der Waals surface area (Å²) in [6.07, 6.45) is 7.91. The van der Waals surface area contributed by atoms with Crippen molar-refractivity contribution in [3.8, 4) is 0 Å². The van der Waals surface area contributed by atoms with Gasteiger partial charge in [-0.05, 0) is 56.9 Å². The fourth-order valence-electron chi connectivity index (χ4n) is 2.89. The lowest BCUT2D eigenvalue weighted by atomic mass is 10.1. The van der Waals surface area contributed by atoms with Crippen LogP contribution in [0.5, 0.6) is 0 Å². The lowest BCUT2D eigenvalue weighted by molar-refractivity contribution is -0.123. The molecular weight excluding hydrogens is 212 g/mol. The van der Waals surface area contributed by atoms with Gasteiger partial charge in [-0.25, -0.2) is 0 Å². The van der Waals surface area contributed by atoms with Gasteiger partial charge in [0.2, 0.25) is 5.91 Å². The summed E-state index contributed by atoms with van der Waals surface area (Å²) in [6.45, 7) is 3.79. The van der Waals surface area contributed by atoms with Crippen molar-refractivity contribution in [1.82, 2.24) is 10.2 Å². The van der Waals surface area contributed by atoms with Crippen molar-refractivity contribution in [3.63, 3.8) is 0 Å². The SMILES string of the molecule is CCN(CC(=O)NC(C1CC1)C1CC1)C1CC1. The number of rotatable bonds is 7. The zero-order valence-electron chi connectivity index (χ0n) is 10.8. The molecular formula is C14H24N2O. The van der Waals surface area contributed by atoms with E-state index in [4.69, 9.17) is 0 Å². The predicted octanol–water partition coefficient (Wildman–Crippen LogP) is 1.78. The Balaban J connectivity index is 1.47. The third-order valence-electron chi connectivity index (χ3n) is 4.40. The molecule has 0 aliphatic heterocycles. The number of hydrogen-bond acceptors (Lipinski definition) is 2. The van der Waals surface area contributed by atoms with E-state index in [-0.39, 0.29) is 5.91 Å². The first-order chi connectivity index (χ1) is 8.28. The van der Waals surface area contributed by atoms with Crippen LogP contribution in [0, 0.1) is 11.8 Å². The van der Waals surface area contributed by atoms with Crippen LogP contribution in [0.15, 0.2) is 0 Å². The number of carbonyl (C=O) groups excluding carboxylic acids is 1. The van der Waals surface area contributed by atoms with Gasteiger partial charge in [-0.15, -0.1) is 0 Å². The molecule has 3 rings (SSSR count). The molecule has 0 heterocycles. The van der Waals surface area contributed by atoms with Gasteiger partial charge < -0.3 is 5.32 Å². The number of amides is 1. The number of nitrogens with one attached hydrogen (secondary N) is 1. The fourth-order valence-corrected chi connectivity index (χ4v) is 2.89. The smallest absolute Gasteiger partial charge is 0.234 e. The van der Waals surface area contributed by atoms with Crippen molar-refractivity contribution in [1.29, 1.82) is 0 Å². The molecule has 0 radical (unpaired) electrons. The van der Waals surface area contributed by atoms with Gasteiger partial charge >= 0.3 is 0 Å². The van der Waals surface area contributed by atoms with Gasteiger partial charge in [0.1, 0.15) is 0 Å². The van der Waals surface area contributed by atoms with Crippen LogP contribution < -0.4 is 5.32 Å². The molecule has 0 unspecified atom stereocenters. The minimum atomic E-state index is 0.266. The zero-order valence-corrected chi connectivity index (χ0v) is 10.8. The molecule has 0 aromatic carbocycles. The number of hydrogen-bond donors (Lipinski definition) is 1. The second-order valence-electron chi connectivity index (χ2n) is 6.06. The largest absolute Gasteiger partial charge is 0.352 e. The minimum absolute atomic E-state index is 0.266. The summed E-state index contributed by atoms with van der Waals surface area (Å²) in [6, 6.07) is 1.21. The maximum Gasteiger partial charge on any atom is 0.234 e. The highest BCUT2D eigenvalue weighted by Crippen LogP contribution is 2.44. The van der Waals surface area contributed by atoms with Crippen molar-refractivity contribution in [2.75, 3.05) is 13.1 Å². The summed E-state index contributed by atoms with van der Waals surface area (Å²) in [5.41, 5.74) is 0. The van der Waals surface area contributed by atoms with Crippen LogP contribution in [0.3, 0.4) is 0 Å². The normalized spacial score (nSPS) is 24.4. The zero-order chi connectivity index (χ0) is 11.8. The quantitative estimate of drug-likeness (QED) is 0.730. The molecule has 1 amide bonds. The molecule has 1 N–H and O–H groups in total. The van der Waals surface area contributed by atoms with Crippen LogP contribution in [0.4, 0.5) is 0 Å². The molecule has 3 saturated carbocycles. The Labute approximate surface area is 104 Å². The fraction of sp³-hybridized carbons (Fsp3) is 0.929. The average molecular weight is 236 g/mol.